The standard InChI is InChI=1S/C20H22N2OS/c1-15-5-9-18(10-6-15)22(14-4-13-21)20(23)17(3)24-19-11-7-16(2)8-12-19/h5-12,17H,4,14H2,1-3H3. The third kappa shape index (κ3) is 4.87. The number of amides is 1. The molecule has 1 amide bonds. The van der Waals surface area contributed by atoms with Crippen molar-refractivity contribution in [1.82, 2.24) is 0 Å². The average molecular weight is 338 g/mol. The summed E-state index contributed by atoms with van der Waals surface area (Å²) in [6.07, 6.45) is 0.321. The van der Waals surface area contributed by atoms with E-state index in [2.05, 4.69) is 6.07 Å². The molecule has 0 spiro atoms. The van der Waals surface area contributed by atoms with E-state index in [0.717, 1.165) is 16.1 Å². The Hall–Kier alpha value is -2.25. The van der Waals surface area contributed by atoms with Gasteiger partial charge < -0.3 is 4.90 Å². The second-order valence-electron chi connectivity index (χ2n) is 5.81. The van der Waals surface area contributed by atoms with Crippen molar-refractivity contribution < 1.29 is 4.79 Å². The van der Waals surface area contributed by atoms with Gasteiger partial charge in [-0.05, 0) is 45.0 Å². The largest absolute Gasteiger partial charge is 0.310 e. The van der Waals surface area contributed by atoms with Gasteiger partial charge in [-0.1, -0.05) is 35.4 Å². The minimum atomic E-state index is -0.215. The molecule has 1 atom stereocenters. The van der Waals surface area contributed by atoms with Gasteiger partial charge in [-0.15, -0.1) is 11.8 Å². The number of anilines is 1. The number of benzene rings is 2. The zero-order valence-electron chi connectivity index (χ0n) is 14.3. The lowest BCUT2D eigenvalue weighted by Gasteiger charge is -2.25. The van der Waals surface area contributed by atoms with Crippen LogP contribution in [0.25, 0.3) is 0 Å². The summed E-state index contributed by atoms with van der Waals surface area (Å²) in [7, 11) is 0. The normalized spacial score (nSPS) is 11.6. The van der Waals surface area contributed by atoms with Gasteiger partial charge in [-0.2, -0.15) is 5.26 Å². The molecule has 2 aromatic carbocycles. The van der Waals surface area contributed by atoms with Gasteiger partial charge in [0, 0.05) is 17.1 Å². The van der Waals surface area contributed by atoms with Crippen LogP contribution in [-0.4, -0.2) is 17.7 Å². The first-order valence-corrected chi connectivity index (χ1v) is 8.87. The monoisotopic (exact) mass is 338 g/mol. The molecule has 2 aromatic rings. The molecule has 0 bridgehead atoms. The van der Waals surface area contributed by atoms with Crippen LogP contribution in [0.15, 0.2) is 53.4 Å². The molecule has 1 unspecified atom stereocenters. The summed E-state index contributed by atoms with van der Waals surface area (Å²) in [5.41, 5.74) is 3.19. The molecule has 0 radical (unpaired) electrons. The molecule has 0 saturated heterocycles. The van der Waals surface area contributed by atoms with Crippen LogP contribution in [0.3, 0.4) is 0 Å². The Morgan fingerprint density at radius 3 is 2.17 bits per heavy atom. The van der Waals surface area contributed by atoms with Gasteiger partial charge in [0.25, 0.3) is 0 Å². The van der Waals surface area contributed by atoms with E-state index in [9.17, 15) is 4.79 Å². The Kier molecular flexibility index (Phi) is 6.45. The molecule has 0 aromatic heterocycles. The molecular weight excluding hydrogens is 316 g/mol. The van der Waals surface area contributed by atoms with Crippen molar-refractivity contribution in [3.63, 3.8) is 0 Å². The molecule has 0 aliphatic heterocycles. The highest BCUT2D eigenvalue weighted by molar-refractivity contribution is 8.00. The van der Waals surface area contributed by atoms with Crippen molar-refractivity contribution in [2.75, 3.05) is 11.4 Å². The molecule has 0 N–H and O–H groups in total. The summed E-state index contributed by atoms with van der Waals surface area (Å²) in [6, 6.07) is 18.1. The molecule has 2 rings (SSSR count). The van der Waals surface area contributed by atoms with Crippen LogP contribution in [0.5, 0.6) is 0 Å². The quantitative estimate of drug-likeness (QED) is 0.715. The van der Waals surface area contributed by atoms with Crippen molar-refractivity contribution in [1.29, 1.82) is 5.26 Å². The number of carbonyl (C=O) groups is 1. The fraction of sp³-hybridized carbons (Fsp3) is 0.300. The average Bonchev–Trinajstić information content (AvgIpc) is 2.58. The highest BCUT2D eigenvalue weighted by Gasteiger charge is 2.22. The van der Waals surface area contributed by atoms with Crippen molar-refractivity contribution in [2.24, 2.45) is 0 Å². The van der Waals surface area contributed by atoms with Gasteiger partial charge in [0.1, 0.15) is 0 Å². The highest BCUT2D eigenvalue weighted by Crippen LogP contribution is 2.27. The van der Waals surface area contributed by atoms with Crippen LogP contribution in [0.1, 0.15) is 24.5 Å². The molecule has 0 saturated carbocycles. The number of hydrogen-bond acceptors (Lipinski definition) is 3. The topological polar surface area (TPSA) is 44.1 Å². The van der Waals surface area contributed by atoms with Crippen LogP contribution in [-0.2, 0) is 4.79 Å². The fourth-order valence-electron chi connectivity index (χ4n) is 2.34. The first-order chi connectivity index (χ1) is 11.5. The number of carbonyl (C=O) groups excluding carboxylic acids is 1. The summed E-state index contributed by atoms with van der Waals surface area (Å²) in [5.74, 6) is 0.0275. The van der Waals surface area contributed by atoms with Gasteiger partial charge in [-0.25, -0.2) is 0 Å². The Morgan fingerprint density at radius 1 is 1.08 bits per heavy atom. The fourth-order valence-corrected chi connectivity index (χ4v) is 3.27. The molecule has 0 fully saturated rings. The Balaban J connectivity index is 2.15. The Labute approximate surface area is 148 Å². The summed E-state index contributed by atoms with van der Waals surface area (Å²) in [4.78, 5) is 15.7. The summed E-state index contributed by atoms with van der Waals surface area (Å²) in [6.45, 7) is 6.39. The zero-order chi connectivity index (χ0) is 17.5. The van der Waals surface area contributed by atoms with E-state index in [1.54, 1.807) is 16.7 Å². The summed E-state index contributed by atoms with van der Waals surface area (Å²) >= 11 is 1.55. The minimum Gasteiger partial charge on any atom is -0.310 e. The van der Waals surface area contributed by atoms with E-state index in [4.69, 9.17) is 5.26 Å². The number of thioether (sulfide) groups is 1. The molecule has 24 heavy (non-hydrogen) atoms. The third-order valence-electron chi connectivity index (χ3n) is 3.74. The molecule has 0 aliphatic rings. The van der Waals surface area contributed by atoms with Crippen LogP contribution < -0.4 is 4.90 Å². The SMILES string of the molecule is Cc1ccc(SC(C)C(=O)N(CCC#N)c2ccc(C)cc2)cc1. The van der Waals surface area contributed by atoms with E-state index >= 15 is 0 Å². The lowest BCUT2D eigenvalue weighted by Crippen LogP contribution is -2.37. The minimum absolute atomic E-state index is 0.0275. The molecular formula is C20H22N2OS. The van der Waals surface area contributed by atoms with E-state index in [1.165, 1.54) is 5.56 Å². The van der Waals surface area contributed by atoms with E-state index < -0.39 is 0 Å². The maximum Gasteiger partial charge on any atom is 0.240 e. The van der Waals surface area contributed by atoms with Crippen LogP contribution >= 0.6 is 11.8 Å². The molecule has 0 aliphatic carbocycles. The number of aryl methyl sites for hydroxylation is 2. The van der Waals surface area contributed by atoms with Gasteiger partial charge in [0.2, 0.25) is 5.91 Å². The molecule has 4 heteroatoms. The highest BCUT2D eigenvalue weighted by atomic mass is 32.2. The smallest absolute Gasteiger partial charge is 0.240 e. The van der Waals surface area contributed by atoms with Gasteiger partial charge in [-0.3, -0.25) is 4.79 Å². The van der Waals surface area contributed by atoms with Gasteiger partial charge >= 0.3 is 0 Å². The van der Waals surface area contributed by atoms with Crippen LogP contribution in [0.4, 0.5) is 5.69 Å². The Morgan fingerprint density at radius 2 is 1.62 bits per heavy atom. The molecule has 3 nitrogen and oxygen atoms in total. The van der Waals surface area contributed by atoms with E-state index in [0.29, 0.717) is 13.0 Å². The van der Waals surface area contributed by atoms with E-state index in [-0.39, 0.29) is 11.2 Å². The van der Waals surface area contributed by atoms with E-state index in [1.807, 2.05) is 69.3 Å². The van der Waals surface area contributed by atoms with Crippen molar-refractivity contribution in [2.45, 2.75) is 37.3 Å². The maximum absolute atomic E-state index is 12.9. The number of nitrogens with zero attached hydrogens (tertiary/aromatic N) is 2. The summed E-state index contributed by atoms with van der Waals surface area (Å²) in [5, 5.41) is 8.68. The van der Waals surface area contributed by atoms with Gasteiger partial charge in [0.05, 0.1) is 17.7 Å². The predicted octanol–water partition coefficient (Wildman–Crippen LogP) is 4.73. The number of hydrogen-bond donors (Lipinski definition) is 0. The lowest BCUT2D eigenvalue weighted by atomic mass is 10.2. The van der Waals surface area contributed by atoms with Crippen LogP contribution in [0.2, 0.25) is 0 Å². The first kappa shape index (κ1) is 18.1. The van der Waals surface area contributed by atoms with Crippen LogP contribution in [0, 0.1) is 25.2 Å². The lowest BCUT2D eigenvalue weighted by molar-refractivity contribution is -0.117. The predicted molar refractivity (Wildman–Crippen MR) is 100 cm³/mol. The van der Waals surface area contributed by atoms with Crippen molar-refractivity contribution >= 4 is 23.4 Å². The Bertz CT molecular complexity index is 717. The zero-order valence-corrected chi connectivity index (χ0v) is 15.1. The van der Waals surface area contributed by atoms with Gasteiger partial charge in [0.15, 0.2) is 0 Å². The van der Waals surface area contributed by atoms with Crippen molar-refractivity contribution in [3.05, 3.63) is 59.7 Å². The first-order valence-electron chi connectivity index (χ1n) is 7.99. The second kappa shape index (κ2) is 8.56. The van der Waals surface area contributed by atoms with Crippen molar-refractivity contribution in [3.8, 4) is 6.07 Å². The summed E-state index contributed by atoms with van der Waals surface area (Å²) < 4.78 is 0. The molecule has 124 valence electrons. The third-order valence-corrected chi connectivity index (χ3v) is 4.84. The number of rotatable bonds is 6. The molecule has 0 heterocycles. The maximum atomic E-state index is 12.9. The number of nitriles is 1. The second-order valence-corrected chi connectivity index (χ2v) is 7.22.